The SMILES string of the molecule is Cc1cc(C)n2ncc(C(=O)N[C@@H](CN(C)C)c3ccccc3)c2n1. The number of carbonyl (C=O) groups excluding carboxylic acids is 1. The van der Waals surface area contributed by atoms with Crippen molar-refractivity contribution in [3.63, 3.8) is 0 Å². The summed E-state index contributed by atoms with van der Waals surface area (Å²) in [5.41, 5.74) is 3.97. The number of aryl methyl sites for hydroxylation is 2. The lowest BCUT2D eigenvalue weighted by Crippen LogP contribution is -2.35. The number of carbonyl (C=O) groups is 1. The molecule has 0 spiro atoms. The van der Waals surface area contributed by atoms with Gasteiger partial charge >= 0.3 is 0 Å². The van der Waals surface area contributed by atoms with E-state index in [1.165, 1.54) is 0 Å². The van der Waals surface area contributed by atoms with Crippen LogP contribution in [0.3, 0.4) is 0 Å². The van der Waals surface area contributed by atoms with Gasteiger partial charge in [-0.25, -0.2) is 9.50 Å². The van der Waals surface area contributed by atoms with Gasteiger partial charge < -0.3 is 10.2 Å². The van der Waals surface area contributed by atoms with E-state index in [0.717, 1.165) is 17.0 Å². The molecule has 0 aliphatic heterocycles. The Morgan fingerprint density at radius 2 is 1.96 bits per heavy atom. The molecule has 6 heteroatoms. The summed E-state index contributed by atoms with van der Waals surface area (Å²) in [5, 5.41) is 7.43. The van der Waals surface area contributed by atoms with E-state index >= 15 is 0 Å². The molecular formula is C19H23N5O. The first-order chi connectivity index (χ1) is 12.0. The summed E-state index contributed by atoms with van der Waals surface area (Å²) in [4.78, 5) is 19.4. The topological polar surface area (TPSA) is 62.5 Å². The van der Waals surface area contributed by atoms with E-state index in [1.54, 1.807) is 10.7 Å². The Morgan fingerprint density at radius 3 is 2.64 bits per heavy atom. The van der Waals surface area contributed by atoms with Gasteiger partial charge in [0.15, 0.2) is 5.65 Å². The van der Waals surface area contributed by atoms with Crippen LogP contribution in [0, 0.1) is 13.8 Å². The Bertz CT molecular complexity index is 885. The second kappa shape index (κ2) is 7.03. The number of hydrogen-bond donors (Lipinski definition) is 1. The summed E-state index contributed by atoms with van der Waals surface area (Å²) in [7, 11) is 3.98. The zero-order valence-electron chi connectivity index (χ0n) is 15.0. The van der Waals surface area contributed by atoms with Gasteiger partial charge in [0, 0.05) is 17.9 Å². The molecule has 0 radical (unpaired) electrons. The minimum absolute atomic E-state index is 0.107. The van der Waals surface area contributed by atoms with Crippen molar-refractivity contribution in [2.75, 3.05) is 20.6 Å². The van der Waals surface area contributed by atoms with Crippen LogP contribution in [0.4, 0.5) is 0 Å². The van der Waals surface area contributed by atoms with E-state index in [9.17, 15) is 4.79 Å². The molecule has 0 bridgehead atoms. The van der Waals surface area contributed by atoms with Crippen molar-refractivity contribution < 1.29 is 4.79 Å². The number of nitrogens with zero attached hydrogens (tertiary/aromatic N) is 4. The highest BCUT2D eigenvalue weighted by Crippen LogP contribution is 2.17. The molecule has 130 valence electrons. The zero-order valence-corrected chi connectivity index (χ0v) is 15.0. The van der Waals surface area contributed by atoms with Gasteiger partial charge in [0.2, 0.25) is 0 Å². The smallest absolute Gasteiger partial charge is 0.257 e. The van der Waals surface area contributed by atoms with Gasteiger partial charge in [0.05, 0.1) is 12.2 Å². The van der Waals surface area contributed by atoms with Crippen molar-refractivity contribution in [1.29, 1.82) is 0 Å². The van der Waals surface area contributed by atoms with E-state index in [0.29, 0.717) is 17.8 Å². The molecule has 1 amide bonds. The average molecular weight is 337 g/mol. The van der Waals surface area contributed by atoms with Gasteiger partial charge in [-0.2, -0.15) is 5.10 Å². The Hall–Kier alpha value is -2.73. The molecule has 6 nitrogen and oxygen atoms in total. The molecule has 1 aromatic carbocycles. The number of benzene rings is 1. The molecule has 1 N–H and O–H groups in total. The van der Waals surface area contributed by atoms with E-state index < -0.39 is 0 Å². The number of nitrogens with one attached hydrogen (secondary N) is 1. The van der Waals surface area contributed by atoms with E-state index in [1.807, 2.05) is 64.3 Å². The molecule has 25 heavy (non-hydrogen) atoms. The van der Waals surface area contributed by atoms with Crippen LogP contribution in [0.25, 0.3) is 5.65 Å². The maximum Gasteiger partial charge on any atom is 0.257 e. The highest BCUT2D eigenvalue weighted by Gasteiger charge is 2.20. The van der Waals surface area contributed by atoms with E-state index in [-0.39, 0.29) is 11.9 Å². The predicted molar refractivity (Wildman–Crippen MR) is 97.7 cm³/mol. The van der Waals surface area contributed by atoms with Crippen LogP contribution >= 0.6 is 0 Å². The molecule has 2 heterocycles. The van der Waals surface area contributed by atoms with Gasteiger partial charge in [0.1, 0.15) is 5.56 Å². The second-order valence-electron chi connectivity index (χ2n) is 6.53. The third-order valence-electron chi connectivity index (χ3n) is 4.08. The molecule has 2 aromatic heterocycles. The fourth-order valence-corrected chi connectivity index (χ4v) is 2.95. The highest BCUT2D eigenvalue weighted by molar-refractivity contribution is 5.99. The highest BCUT2D eigenvalue weighted by atomic mass is 16.1. The lowest BCUT2D eigenvalue weighted by atomic mass is 10.1. The summed E-state index contributed by atoms with van der Waals surface area (Å²) in [5.74, 6) is -0.164. The fraction of sp³-hybridized carbons (Fsp3) is 0.316. The number of aromatic nitrogens is 3. The maximum atomic E-state index is 12.9. The van der Waals surface area contributed by atoms with Crippen molar-refractivity contribution >= 4 is 11.6 Å². The first kappa shape index (κ1) is 17.1. The Labute approximate surface area is 147 Å². The van der Waals surface area contributed by atoms with Crippen molar-refractivity contribution in [2.45, 2.75) is 19.9 Å². The van der Waals surface area contributed by atoms with E-state index in [4.69, 9.17) is 0 Å². The van der Waals surface area contributed by atoms with Gasteiger partial charge in [-0.3, -0.25) is 4.79 Å². The second-order valence-corrected chi connectivity index (χ2v) is 6.53. The molecule has 0 aliphatic rings. The summed E-state index contributed by atoms with van der Waals surface area (Å²) >= 11 is 0. The molecule has 0 unspecified atom stereocenters. The number of rotatable bonds is 5. The third-order valence-corrected chi connectivity index (χ3v) is 4.08. The summed E-state index contributed by atoms with van der Waals surface area (Å²) in [6.45, 7) is 4.58. The maximum absolute atomic E-state index is 12.9. The zero-order chi connectivity index (χ0) is 18.0. The first-order valence-electron chi connectivity index (χ1n) is 8.28. The number of likely N-dealkylation sites (N-methyl/N-ethyl adjacent to an activating group) is 1. The molecule has 0 fully saturated rings. The Morgan fingerprint density at radius 1 is 1.24 bits per heavy atom. The summed E-state index contributed by atoms with van der Waals surface area (Å²) < 4.78 is 1.70. The van der Waals surface area contributed by atoms with Crippen LogP contribution in [-0.4, -0.2) is 46.0 Å². The molecule has 3 rings (SSSR count). The number of fused-ring (bicyclic) bond motifs is 1. The summed E-state index contributed by atoms with van der Waals surface area (Å²) in [6, 6.07) is 11.8. The van der Waals surface area contributed by atoms with Crippen molar-refractivity contribution in [1.82, 2.24) is 24.8 Å². The van der Waals surface area contributed by atoms with Gasteiger partial charge in [-0.15, -0.1) is 0 Å². The third kappa shape index (κ3) is 3.69. The normalized spacial score (nSPS) is 12.5. The minimum Gasteiger partial charge on any atom is -0.344 e. The van der Waals surface area contributed by atoms with E-state index in [2.05, 4.69) is 20.3 Å². The molecule has 0 saturated carbocycles. The fourth-order valence-electron chi connectivity index (χ4n) is 2.95. The molecule has 3 aromatic rings. The van der Waals surface area contributed by atoms with Crippen molar-refractivity contribution in [3.05, 3.63) is 65.1 Å². The van der Waals surface area contributed by atoms with Gasteiger partial charge in [-0.1, -0.05) is 30.3 Å². The van der Waals surface area contributed by atoms with Crippen LogP contribution in [0.5, 0.6) is 0 Å². The standard InChI is InChI=1S/C19H23N5O/c1-13-10-14(2)24-18(21-13)16(11-20-24)19(25)22-17(12-23(3)4)15-8-6-5-7-9-15/h5-11,17H,12H2,1-4H3,(H,22,25)/t17-/m0/s1. The number of amides is 1. The molecule has 0 aliphatic carbocycles. The van der Waals surface area contributed by atoms with Crippen molar-refractivity contribution in [3.8, 4) is 0 Å². The van der Waals surface area contributed by atoms with Gasteiger partial charge in [-0.05, 0) is 39.6 Å². The van der Waals surface area contributed by atoms with Crippen molar-refractivity contribution in [2.24, 2.45) is 0 Å². The minimum atomic E-state index is -0.164. The molecule has 1 atom stereocenters. The number of hydrogen-bond acceptors (Lipinski definition) is 4. The Balaban J connectivity index is 1.92. The quantitative estimate of drug-likeness (QED) is 0.776. The van der Waals surface area contributed by atoms with Crippen LogP contribution in [0.15, 0.2) is 42.6 Å². The van der Waals surface area contributed by atoms with Crippen LogP contribution in [0.1, 0.15) is 33.4 Å². The summed E-state index contributed by atoms with van der Waals surface area (Å²) in [6.07, 6.45) is 1.59. The van der Waals surface area contributed by atoms with Crippen LogP contribution in [-0.2, 0) is 0 Å². The predicted octanol–water partition coefficient (Wildman–Crippen LogP) is 2.38. The monoisotopic (exact) mass is 337 g/mol. The average Bonchev–Trinajstić information content (AvgIpc) is 2.98. The molecular weight excluding hydrogens is 314 g/mol. The van der Waals surface area contributed by atoms with Crippen LogP contribution in [0.2, 0.25) is 0 Å². The first-order valence-corrected chi connectivity index (χ1v) is 8.28. The Kier molecular flexibility index (Phi) is 4.81. The van der Waals surface area contributed by atoms with Crippen LogP contribution < -0.4 is 5.32 Å². The largest absolute Gasteiger partial charge is 0.344 e. The lowest BCUT2D eigenvalue weighted by molar-refractivity contribution is 0.0931. The lowest BCUT2D eigenvalue weighted by Gasteiger charge is -2.22. The molecule has 0 saturated heterocycles. The van der Waals surface area contributed by atoms with Gasteiger partial charge in [0.25, 0.3) is 5.91 Å².